The number of esters is 2. The van der Waals surface area contributed by atoms with Crippen LogP contribution in [0.25, 0.3) is 0 Å². The molecule has 3 atom stereocenters. The Labute approximate surface area is 181 Å². The van der Waals surface area contributed by atoms with Crippen molar-refractivity contribution in [2.45, 2.75) is 104 Å². The number of hydrogen-bond donors (Lipinski definition) is 0. The molecule has 5 fully saturated rings. The predicted octanol–water partition coefficient (Wildman–Crippen LogP) is 5.26. The second-order valence-electron chi connectivity index (χ2n) is 11.0. The number of rotatable bonds is 8. The molecule has 5 saturated carbocycles. The van der Waals surface area contributed by atoms with Gasteiger partial charge in [0.05, 0.1) is 24.5 Å². The van der Waals surface area contributed by atoms with E-state index in [4.69, 9.17) is 14.2 Å². The molecule has 0 aromatic carbocycles. The third-order valence-electron chi connectivity index (χ3n) is 8.40. The maximum absolute atomic E-state index is 12.7. The van der Waals surface area contributed by atoms with Gasteiger partial charge in [-0.2, -0.15) is 0 Å². The van der Waals surface area contributed by atoms with E-state index in [9.17, 15) is 9.59 Å². The largest absolute Gasteiger partial charge is 0.465 e. The Hall–Kier alpha value is -1.10. The Morgan fingerprint density at radius 3 is 1.93 bits per heavy atom. The summed E-state index contributed by atoms with van der Waals surface area (Å²) in [5.41, 5.74) is 0.205. The molecule has 30 heavy (non-hydrogen) atoms. The fourth-order valence-electron chi connectivity index (χ4n) is 7.00. The number of carbonyl (C=O) groups excluding carboxylic acids is 2. The smallest absolute Gasteiger partial charge is 0.311 e. The predicted molar refractivity (Wildman–Crippen MR) is 113 cm³/mol. The van der Waals surface area contributed by atoms with Crippen LogP contribution in [0.1, 0.15) is 91.4 Å². The van der Waals surface area contributed by atoms with Crippen molar-refractivity contribution in [1.82, 2.24) is 0 Å². The molecule has 5 heteroatoms. The minimum absolute atomic E-state index is 0.180. The molecule has 4 bridgehead atoms. The van der Waals surface area contributed by atoms with E-state index in [0.29, 0.717) is 6.61 Å². The zero-order valence-corrected chi connectivity index (χ0v) is 19.1. The van der Waals surface area contributed by atoms with Gasteiger partial charge in [-0.1, -0.05) is 33.1 Å². The number of ether oxygens (including phenoxy) is 3. The highest BCUT2D eigenvalue weighted by Gasteiger charge is 2.51. The van der Waals surface area contributed by atoms with E-state index in [1.807, 2.05) is 0 Å². The van der Waals surface area contributed by atoms with Crippen molar-refractivity contribution in [3.63, 3.8) is 0 Å². The third kappa shape index (κ3) is 5.03. The van der Waals surface area contributed by atoms with Crippen molar-refractivity contribution < 1.29 is 23.8 Å². The summed E-state index contributed by atoms with van der Waals surface area (Å²) in [6, 6.07) is 0. The first-order valence-corrected chi connectivity index (χ1v) is 12.4. The van der Waals surface area contributed by atoms with E-state index in [-0.39, 0.29) is 23.5 Å². The van der Waals surface area contributed by atoms with Gasteiger partial charge < -0.3 is 14.2 Å². The summed E-state index contributed by atoms with van der Waals surface area (Å²) in [7, 11) is 0. The van der Waals surface area contributed by atoms with Crippen LogP contribution in [-0.4, -0.2) is 30.9 Å². The molecule has 5 nitrogen and oxygen atoms in total. The second kappa shape index (κ2) is 9.18. The molecule has 0 heterocycles. The highest BCUT2D eigenvalue weighted by atomic mass is 16.7. The van der Waals surface area contributed by atoms with E-state index in [0.717, 1.165) is 30.6 Å². The van der Waals surface area contributed by atoms with Gasteiger partial charge in [0.2, 0.25) is 0 Å². The van der Waals surface area contributed by atoms with E-state index in [2.05, 4.69) is 0 Å². The van der Waals surface area contributed by atoms with E-state index >= 15 is 0 Å². The van der Waals surface area contributed by atoms with Gasteiger partial charge >= 0.3 is 11.9 Å². The van der Waals surface area contributed by atoms with Crippen LogP contribution in [0, 0.1) is 35.0 Å². The molecule has 5 aliphatic rings. The summed E-state index contributed by atoms with van der Waals surface area (Å²) in [5, 5.41) is 0. The molecule has 0 radical (unpaired) electrons. The summed E-state index contributed by atoms with van der Waals surface area (Å²) in [4.78, 5) is 25.3. The molecule has 3 unspecified atom stereocenters. The molecule has 0 aromatic rings. The lowest BCUT2D eigenvalue weighted by Crippen LogP contribution is -2.48. The van der Waals surface area contributed by atoms with Crippen molar-refractivity contribution in [1.29, 1.82) is 0 Å². The lowest BCUT2D eigenvalue weighted by Gasteiger charge is -2.56. The number of hydrogen-bond acceptors (Lipinski definition) is 5. The molecule has 0 saturated heterocycles. The summed E-state index contributed by atoms with van der Waals surface area (Å²) in [6.45, 7) is 5.84. The molecule has 5 aliphatic carbocycles. The monoisotopic (exact) mass is 420 g/mol. The highest BCUT2D eigenvalue weighted by molar-refractivity contribution is 5.81. The van der Waals surface area contributed by atoms with Crippen LogP contribution in [0.4, 0.5) is 0 Å². The van der Waals surface area contributed by atoms with Gasteiger partial charge in [0, 0.05) is 5.41 Å². The van der Waals surface area contributed by atoms with Crippen LogP contribution >= 0.6 is 0 Å². The molecule has 0 amide bonds. The van der Waals surface area contributed by atoms with Crippen LogP contribution in [-0.2, 0) is 23.8 Å². The zero-order chi connectivity index (χ0) is 21.3. The van der Waals surface area contributed by atoms with Gasteiger partial charge in [0.25, 0.3) is 0 Å². The van der Waals surface area contributed by atoms with Gasteiger partial charge in [-0.3, -0.25) is 9.59 Å². The van der Waals surface area contributed by atoms with Gasteiger partial charge in [0.15, 0.2) is 6.29 Å². The van der Waals surface area contributed by atoms with Crippen molar-refractivity contribution in [2.75, 3.05) is 6.61 Å². The van der Waals surface area contributed by atoms with Crippen molar-refractivity contribution in [2.24, 2.45) is 35.0 Å². The molecule has 0 aliphatic heterocycles. The van der Waals surface area contributed by atoms with Crippen molar-refractivity contribution in [3.05, 3.63) is 0 Å². The molecule has 0 aromatic heterocycles. The molecule has 5 rings (SSSR count). The zero-order valence-electron chi connectivity index (χ0n) is 19.1. The standard InChI is InChI=1S/C25H40O5/c1-16(17(2)24(27)30-18(3)29-22-7-5-4-6-8-22)23(26)28-15-25-12-19-9-20(13-25)11-21(10-19)14-25/h16-22H,4-15H2,1-3H3. The average molecular weight is 421 g/mol. The summed E-state index contributed by atoms with van der Waals surface area (Å²) in [5.74, 6) is 0.832. The normalized spacial score (nSPS) is 36.2. The first kappa shape index (κ1) is 22.1. The molecule has 0 N–H and O–H groups in total. The average Bonchev–Trinajstić information content (AvgIpc) is 2.70. The molecule has 0 spiro atoms. The minimum Gasteiger partial charge on any atom is -0.465 e. The maximum atomic E-state index is 12.7. The maximum Gasteiger partial charge on any atom is 0.311 e. The van der Waals surface area contributed by atoms with Crippen LogP contribution in [0.2, 0.25) is 0 Å². The first-order chi connectivity index (χ1) is 14.3. The van der Waals surface area contributed by atoms with Crippen LogP contribution in [0.15, 0.2) is 0 Å². The van der Waals surface area contributed by atoms with Gasteiger partial charge in [-0.05, 0) is 76.0 Å². The summed E-state index contributed by atoms with van der Waals surface area (Å²) in [6.07, 6.45) is 13.1. The van der Waals surface area contributed by atoms with Crippen molar-refractivity contribution >= 4 is 11.9 Å². The van der Waals surface area contributed by atoms with Crippen molar-refractivity contribution in [3.8, 4) is 0 Å². The molecular formula is C25H40O5. The van der Waals surface area contributed by atoms with Gasteiger partial charge in [-0.25, -0.2) is 0 Å². The van der Waals surface area contributed by atoms with Gasteiger partial charge in [0.1, 0.15) is 0 Å². The highest BCUT2D eigenvalue weighted by Crippen LogP contribution is 2.60. The van der Waals surface area contributed by atoms with E-state index < -0.39 is 18.1 Å². The lowest BCUT2D eigenvalue weighted by atomic mass is 9.50. The topological polar surface area (TPSA) is 61.8 Å². The second-order valence-corrected chi connectivity index (χ2v) is 11.0. The van der Waals surface area contributed by atoms with E-state index in [1.54, 1.807) is 20.8 Å². The first-order valence-electron chi connectivity index (χ1n) is 12.4. The quantitative estimate of drug-likeness (QED) is 0.396. The molecular weight excluding hydrogens is 380 g/mol. The van der Waals surface area contributed by atoms with Crippen LogP contribution in [0.5, 0.6) is 0 Å². The number of carbonyl (C=O) groups is 2. The Balaban J connectivity index is 1.22. The Kier molecular flexibility index (Phi) is 6.76. The minimum atomic E-state index is -0.571. The summed E-state index contributed by atoms with van der Waals surface area (Å²) < 4.78 is 17.2. The lowest BCUT2D eigenvalue weighted by molar-refractivity contribution is -0.194. The fourth-order valence-corrected chi connectivity index (χ4v) is 7.00. The Morgan fingerprint density at radius 2 is 1.37 bits per heavy atom. The Bertz CT molecular complexity index is 588. The third-order valence-corrected chi connectivity index (χ3v) is 8.40. The van der Waals surface area contributed by atoms with Crippen LogP contribution < -0.4 is 0 Å². The molecule has 170 valence electrons. The summed E-state index contributed by atoms with van der Waals surface area (Å²) >= 11 is 0. The fraction of sp³-hybridized carbons (Fsp3) is 0.920. The van der Waals surface area contributed by atoms with Gasteiger partial charge in [-0.15, -0.1) is 0 Å². The van der Waals surface area contributed by atoms with E-state index in [1.165, 1.54) is 57.8 Å². The SMILES string of the molecule is CC(OC(=O)C(C)C(C)C(=O)OCC12CC3CC(CC(C3)C1)C2)OC1CCCCC1. The Morgan fingerprint density at radius 1 is 0.833 bits per heavy atom. The van der Waals surface area contributed by atoms with Crippen LogP contribution in [0.3, 0.4) is 0 Å².